The Kier molecular flexibility index (Phi) is 2.30. The normalized spacial score (nSPS) is 24.6. The summed E-state index contributed by atoms with van der Waals surface area (Å²) in [5.41, 5.74) is 8.87. The van der Waals surface area contributed by atoms with Gasteiger partial charge in [-0.1, -0.05) is 0 Å². The molecule has 4 heteroatoms. The summed E-state index contributed by atoms with van der Waals surface area (Å²) in [5.74, 6) is 0.581. The van der Waals surface area contributed by atoms with Gasteiger partial charge in [0.15, 0.2) is 0 Å². The lowest BCUT2D eigenvalue weighted by molar-refractivity contribution is 0.0834. The van der Waals surface area contributed by atoms with Crippen LogP contribution in [-0.4, -0.2) is 23.0 Å². The van der Waals surface area contributed by atoms with Crippen molar-refractivity contribution in [3.8, 4) is 0 Å². The van der Waals surface area contributed by atoms with E-state index in [1.54, 1.807) is 0 Å². The molecule has 4 nitrogen and oxygen atoms in total. The molecule has 2 N–H and O–H groups in total. The molecule has 0 aromatic carbocycles. The van der Waals surface area contributed by atoms with Crippen LogP contribution in [0.15, 0.2) is 6.20 Å². The maximum Gasteiger partial charge on any atom is 0.0543 e. The van der Waals surface area contributed by atoms with E-state index in [2.05, 4.69) is 5.10 Å². The molecule has 1 saturated carbocycles. The number of nitrogens with two attached hydrogens (primary N) is 1. The number of ether oxygens (including phenoxy) is 1. The minimum absolute atomic E-state index is 0.0676. The predicted octanol–water partition coefficient (Wildman–Crippen LogP) is 1.26. The molecule has 2 aliphatic rings. The average molecular weight is 221 g/mol. The fraction of sp³-hybridized carbons (Fsp3) is 0.750. The molecule has 3 rings (SSSR count). The largest absolute Gasteiger partial charge is 0.381 e. The molecule has 0 radical (unpaired) electrons. The SMILES string of the molecule is Cn1ncc(C2(N)CC2)c1C1CCOCC1. The summed E-state index contributed by atoms with van der Waals surface area (Å²) >= 11 is 0. The molecular weight excluding hydrogens is 202 g/mol. The highest BCUT2D eigenvalue weighted by Crippen LogP contribution is 2.46. The maximum absolute atomic E-state index is 6.30. The fourth-order valence-corrected chi connectivity index (χ4v) is 2.69. The minimum atomic E-state index is -0.0676. The van der Waals surface area contributed by atoms with Gasteiger partial charge in [-0.2, -0.15) is 5.10 Å². The van der Waals surface area contributed by atoms with E-state index in [-0.39, 0.29) is 5.54 Å². The van der Waals surface area contributed by atoms with Gasteiger partial charge in [0, 0.05) is 43.0 Å². The Hall–Kier alpha value is -0.870. The molecular formula is C12H19N3O. The van der Waals surface area contributed by atoms with Crippen LogP contribution in [0.25, 0.3) is 0 Å². The van der Waals surface area contributed by atoms with E-state index in [1.807, 2.05) is 17.9 Å². The molecule has 0 amide bonds. The number of rotatable bonds is 2. The van der Waals surface area contributed by atoms with E-state index in [9.17, 15) is 0 Å². The summed E-state index contributed by atoms with van der Waals surface area (Å²) in [7, 11) is 2.03. The second kappa shape index (κ2) is 3.57. The first-order valence-corrected chi connectivity index (χ1v) is 6.10. The lowest BCUT2D eigenvalue weighted by atomic mass is 9.91. The van der Waals surface area contributed by atoms with Crippen LogP contribution in [0.5, 0.6) is 0 Å². The van der Waals surface area contributed by atoms with Crippen LogP contribution in [-0.2, 0) is 17.3 Å². The van der Waals surface area contributed by atoms with Crippen LogP contribution in [0.3, 0.4) is 0 Å². The Morgan fingerprint density at radius 1 is 1.44 bits per heavy atom. The highest BCUT2D eigenvalue weighted by molar-refractivity contribution is 5.34. The van der Waals surface area contributed by atoms with Gasteiger partial charge in [0.25, 0.3) is 0 Å². The summed E-state index contributed by atoms with van der Waals surface area (Å²) in [6.07, 6.45) is 6.38. The van der Waals surface area contributed by atoms with E-state index in [0.717, 1.165) is 38.9 Å². The molecule has 1 aliphatic heterocycles. The Morgan fingerprint density at radius 2 is 2.12 bits per heavy atom. The van der Waals surface area contributed by atoms with E-state index >= 15 is 0 Å². The van der Waals surface area contributed by atoms with Crippen LogP contribution in [0.4, 0.5) is 0 Å². The van der Waals surface area contributed by atoms with Crippen molar-refractivity contribution >= 4 is 0 Å². The van der Waals surface area contributed by atoms with Crippen molar-refractivity contribution in [1.82, 2.24) is 9.78 Å². The zero-order chi connectivity index (χ0) is 11.2. The summed E-state index contributed by atoms with van der Waals surface area (Å²) in [6.45, 7) is 1.74. The summed E-state index contributed by atoms with van der Waals surface area (Å²) in [5, 5.41) is 4.39. The van der Waals surface area contributed by atoms with Gasteiger partial charge in [-0.25, -0.2) is 0 Å². The lowest BCUT2D eigenvalue weighted by Gasteiger charge is -2.24. The van der Waals surface area contributed by atoms with Crippen LogP contribution in [0.2, 0.25) is 0 Å². The van der Waals surface area contributed by atoms with Gasteiger partial charge in [0.1, 0.15) is 0 Å². The van der Waals surface area contributed by atoms with Crippen LogP contribution in [0, 0.1) is 0 Å². The first-order chi connectivity index (χ1) is 7.71. The van der Waals surface area contributed by atoms with E-state index in [4.69, 9.17) is 10.5 Å². The quantitative estimate of drug-likeness (QED) is 0.818. The van der Waals surface area contributed by atoms with Crippen molar-refractivity contribution in [1.29, 1.82) is 0 Å². The Balaban J connectivity index is 1.95. The molecule has 0 bridgehead atoms. The van der Waals surface area contributed by atoms with Gasteiger partial charge in [-0.3, -0.25) is 4.68 Å². The van der Waals surface area contributed by atoms with Gasteiger partial charge < -0.3 is 10.5 Å². The smallest absolute Gasteiger partial charge is 0.0543 e. The molecule has 0 atom stereocenters. The molecule has 1 aromatic heterocycles. The molecule has 1 aliphatic carbocycles. The molecule has 16 heavy (non-hydrogen) atoms. The fourth-order valence-electron chi connectivity index (χ4n) is 2.69. The van der Waals surface area contributed by atoms with Crippen molar-refractivity contribution in [3.05, 3.63) is 17.5 Å². The van der Waals surface area contributed by atoms with Crippen molar-refractivity contribution in [3.63, 3.8) is 0 Å². The molecule has 1 aromatic rings. The van der Waals surface area contributed by atoms with Gasteiger partial charge in [-0.15, -0.1) is 0 Å². The lowest BCUT2D eigenvalue weighted by Crippen LogP contribution is -2.24. The first-order valence-electron chi connectivity index (χ1n) is 6.10. The zero-order valence-corrected chi connectivity index (χ0v) is 9.78. The van der Waals surface area contributed by atoms with E-state index in [0.29, 0.717) is 5.92 Å². The molecule has 1 saturated heterocycles. The molecule has 0 spiro atoms. The van der Waals surface area contributed by atoms with Gasteiger partial charge in [0.05, 0.1) is 6.20 Å². The van der Waals surface area contributed by atoms with Crippen LogP contribution < -0.4 is 5.73 Å². The van der Waals surface area contributed by atoms with Gasteiger partial charge in [-0.05, 0) is 25.7 Å². The highest BCUT2D eigenvalue weighted by atomic mass is 16.5. The van der Waals surface area contributed by atoms with Gasteiger partial charge in [0.2, 0.25) is 0 Å². The topological polar surface area (TPSA) is 53.1 Å². The standard InChI is InChI=1S/C12H19N3O/c1-15-11(9-2-6-16-7-3-9)10(8-14-15)12(13)4-5-12/h8-9H,2-7,13H2,1H3. The van der Waals surface area contributed by atoms with Crippen molar-refractivity contribution < 1.29 is 4.74 Å². The summed E-state index contributed by atoms with van der Waals surface area (Å²) in [4.78, 5) is 0. The van der Waals surface area contributed by atoms with Crippen molar-refractivity contribution in [2.24, 2.45) is 12.8 Å². The van der Waals surface area contributed by atoms with Gasteiger partial charge >= 0.3 is 0 Å². The number of aryl methyl sites for hydroxylation is 1. The third kappa shape index (κ3) is 1.57. The maximum atomic E-state index is 6.30. The van der Waals surface area contributed by atoms with Crippen LogP contribution >= 0.6 is 0 Å². The second-order valence-electron chi connectivity index (χ2n) is 5.11. The summed E-state index contributed by atoms with van der Waals surface area (Å²) < 4.78 is 7.43. The number of aromatic nitrogens is 2. The van der Waals surface area contributed by atoms with Crippen molar-refractivity contribution in [2.45, 2.75) is 37.1 Å². The molecule has 88 valence electrons. The number of hydrogen-bond acceptors (Lipinski definition) is 3. The average Bonchev–Trinajstić information content (AvgIpc) is 2.91. The monoisotopic (exact) mass is 221 g/mol. The first kappa shape index (κ1) is 10.3. The molecule has 0 unspecified atom stereocenters. The van der Waals surface area contributed by atoms with E-state index < -0.39 is 0 Å². The Bertz CT molecular complexity index is 389. The predicted molar refractivity (Wildman–Crippen MR) is 61.1 cm³/mol. The van der Waals surface area contributed by atoms with Crippen LogP contribution in [0.1, 0.15) is 42.9 Å². The minimum Gasteiger partial charge on any atom is -0.381 e. The Labute approximate surface area is 95.8 Å². The van der Waals surface area contributed by atoms with E-state index in [1.165, 1.54) is 11.3 Å². The number of nitrogens with zero attached hydrogens (tertiary/aromatic N) is 2. The molecule has 2 heterocycles. The second-order valence-corrected chi connectivity index (χ2v) is 5.11. The van der Waals surface area contributed by atoms with Crippen molar-refractivity contribution in [2.75, 3.05) is 13.2 Å². The zero-order valence-electron chi connectivity index (χ0n) is 9.78. The molecule has 2 fully saturated rings. The highest BCUT2D eigenvalue weighted by Gasteiger charge is 2.44. The third-order valence-corrected chi connectivity index (χ3v) is 3.92. The number of hydrogen-bond donors (Lipinski definition) is 1. The Morgan fingerprint density at radius 3 is 2.75 bits per heavy atom. The summed E-state index contributed by atoms with van der Waals surface area (Å²) in [6, 6.07) is 0. The third-order valence-electron chi connectivity index (χ3n) is 3.92.